The average Bonchev–Trinajstić information content (AvgIpc) is 2.85. The van der Waals surface area contributed by atoms with Crippen molar-refractivity contribution in [2.75, 3.05) is 17.2 Å². The molecule has 1 aliphatic rings. The molecule has 1 fully saturated rings. The van der Waals surface area contributed by atoms with E-state index in [9.17, 15) is 4.79 Å². The van der Waals surface area contributed by atoms with E-state index in [1.807, 2.05) is 0 Å². The Bertz CT molecular complexity index is 380. The molecule has 2 rings (SSSR count). The van der Waals surface area contributed by atoms with Crippen molar-refractivity contribution in [3.05, 3.63) is 5.01 Å². The molecule has 0 aromatic carbocycles. The van der Waals surface area contributed by atoms with Gasteiger partial charge in [-0.15, -0.1) is 10.2 Å². The monoisotopic (exact) mass is 257 g/mol. The molecule has 0 saturated carbocycles. The highest BCUT2D eigenvalue weighted by Gasteiger charge is 2.31. The predicted octanol–water partition coefficient (Wildman–Crippen LogP) is 1.77. The summed E-state index contributed by atoms with van der Waals surface area (Å²) in [4.78, 5) is 13.5. The minimum absolute atomic E-state index is 0.151. The number of hydrogen-bond donors (Lipinski definition) is 1. The third kappa shape index (κ3) is 2.38. The van der Waals surface area contributed by atoms with E-state index in [1.165, 1.54) is 11.3 Å². The number of aromatic nitrogens is 2. The first-order valence-electron chi connectivity index (χ1n) is 5.48. The lowest BCUT2D eigenvalue weighted by Gasteiger charge is -2.10. The molecule has 1 aromatic rings. The van der Waals surface area contributed by atoms with Crippen molar-refractivity contribution in [3.63, 3.8) is 0 Å². The number of carbonyl (C=O) groups is 1. The standard InChI is InChI=1S/C10H15N3OS2/c1-2-3-8-11-12-10(16-8)13-5-7(6-15)4-9(13)14/h7,15H,2-6H2,1H3. The SMILES string of the molecule is CCCc1nnc(N2CC(CS)CC2=O)s1. The van der Waals surface area contributed by atoms with Gasteiger partial charge in [-0.2, -0.15) is 12.6 Å². The van der Waals surface area contributed by atoms with Crippen LogP contribution in [0.4, 0.5) is 5.13 Å². The summed E-state index contributed by atoms with van der Waals surface area (Å²) in [5.74, 6) is 1.26. The topological polar surface area (TPSA) is 46.1 Å². The molecule has 1 aromatic heterocycles. The zero-order chi connectivity index (χ0) is 11.5. The van der Waals surface area contributed by atoms with Crippen LogP contribution in [-0.2, 0) is 11.2 Å². The quantitative estimate of drug-likeness (QED) is 0.836. The minimum atomic E-state index is 0.151. The molecule has 6 heteroatoms. The van der Waals surface area contributed by atoms with E-state index in [0.717, 1.165) is 35.3 Å². The van der Waals surface area contributed by atoms with Gasteiger partial charge >= 0.3 is 0 Å². The lowest BCUT2D eigenvalue weighted by molar-refractivity contribution is -0.117. The highest BCUT2D eigenvalue weighted by Crippen LogP contribution is 2.28. The van der Waals surface area contributed by atoms with Crippen molar-refractivity contribution < 1.29 is 4.79 Å². The Kier molecular flexibility index (Phi) is 3.81. The largest absolute Gasteiger partial charge is 0.286 e. The number of carbonyl (C=O) groups excluding carboxylic acids is 1. The first-order chi connectivity index (χ1) is 7.74. The number of thiol groups is 1. The molecular formula is C10H15N3OS2. The van der Waals surface area contributed by atoms with Gasteiger partial charge in [-0.1, -0.05) is 18.3 Å². The Labute approximate surface area is 104 Å². The third-order valence-electron chi connectivity index (χ3n) is 2.61. The van der Waals surface area contributed by atoms with Crippen molar-refractivity contribution >= 4 is 35.0 Å². The summed E-state index contributed by atoms with van der Waals surface area (Å²) in [7, 11) is 0. The summed E-state index contributed by atoms with van der Waals surface area (Å²) < 4.78 is 0. The van der Waals surface area contributed by atoms with Crippen LogP contribution in [0.1, 0.15) is 24.8 Å². The Hall–Kier alpha value is -0.620. The zero-order valence-electron chi connectivity index (χ0n) is 9.22. The van der Waals surface area contributed by atoms with E-state index < -0.39 is 0 Å². The van der Waals surface area contributed by atoms with Gasteiger partial charge in [0.1, 0.15) is 5.01 Å². The molecule has 1 atom stereocenters. The van der Waals surface area contributed by atoms with Crippen LogP contribution in [0.15, 0.2) is 0 Å². The Morgan fingerprint density at radius 2 is 2.38 bits per heavy atom. The van der Waals surface area contributed by atoms with Gasteiger partial charge in [0.2, 0.25) is 11.0 Å². The van der Waals surface area contributed by atoms with E-state index in [2.05, 4.69) is 29.7 Å². The number of anilines is 1. The Balaban J connectivity index is 2.09. The molecule has 88 valence electrons. The van der Waals surface area contributed by atoms with Gasteiger partial charge < -0.3 is 0 Å². The molecule has 1 unspecified atom stereocenters. The maximum atomic E-state index is 11.7. The lowest BCUT2D eigenvalue weighted by atomic mass is 10.1. The smallest absolute Gasteiger partial charge is 0.229 e. The first kappa shape index (κ1) is 11.9. The molecule has 4 nitrogen and oxygen atoms in total. The van der Waals surface area contributed by atoms with Crippen LogP contribution in [0.25, 0.3) is 0 Å². The van der Waals surface area contributed by atoms with Crippen molar-refractivity contribution in [2.24, 2.45) is 5.92 Å². The van der Waals surface area contributed by atoms with Crippen molar-refractivity contribution in [1.29, 1.82) is 0 Å². The van der Waals surface area contributed by atoms with Crippen LogP contribution < -0.4 is 4.90 Å². The summed E-state index contributed by atoms with van der Waals surface area (Å²) in [5, 5.41) is 9.94. The molecule has 1 amide bonds. The van der Waals surface area contributed by atoms with Crippen LogP contribution >= 0.6 is 24.0 Å². The fraction of sp³-hybridized carbons (Fsp3) is 0.700. The number of rotatable bonds is 4. The maximum Gasteiger partial charge on any atom is 0.229 e. The lowest BCUT2D eigenvalue weighted by Crippen LogP contribution is -2.24. The van der Waals surface area contributed by atoms with Gasteiger partial charge in [-0.25, -0.2) is 0 Å². The van der Waals surface area contributed by atoms with Crippen LogP contribution in [0.3, 0.4) is 0 Å². The molecule has 0 aliphatic carbocycles. The van der Waals surface area contributed by atoms with Crippen molar-refractivity contribution in [3.8, 4) is 0 Å². The fourth-order valence-electron chi connectivity index (χ4n) is 1.76. The van der Waals surface area contributed by atoms with Crippen molar-refractivity contribution in [1.82, 2.24) is 10.2 Å². The second-order valence-electron chi connectivity index (χ2n) is 3.99. The minimum Gasteiger partial charge on any atom is -0.286 e. The average molecular weight is 257 g/mol. The second-order valence-corrected chi connectivity index (χ2v) is 5.39. The summed E-state index contributed by atoms with van der Waals surface area (Å²) >= 11 is 5.77. The van der Waals surface area contributed by atoms with Crippen LogP contribution in [0.5, 0.6) is 0 Å². The number of hydrogen-bond acceptors (Lipinski definition) is 5. The molecule has 16 heavy (non-hydrogen) atoms. The molecule has 0 radical (unpaired) electrons. The Morgan fingerprint density at radius 1 is 1.56 bits per heavy atom. The molecule has 1 saturated heterocycles. The van der Waals surface area contributed by atoms with Gasteiger partial charge in [0.25, 0.3) is 0 Å². The number of aryl methyl sites for hydroxylation is 1. The maximum absolute atomic E-state index is 11.7. The van der Waals surface area contributed by atoms with Crippen LogP contribution in [0.2, 0.25) is 0 Å². The van der Waals surface area contributed by atoms with E-state index in [-0.39, 0.29) is 5.91 Å². The molecule has 1 aliphatic heterocycles. The summed E-state index contributed by atoms with van der Waals surface area (Å²) in [5.41, 5.74) is 0. The van der Waals surface area contributed by atoms with E-state index >= 15 is 0 Å². The summed E-state index contributed by atoms with van der Waals surface area (Å²) in [6, 6.07) is 0. The summed E-state index contributed by atoms with van der Waals surface area (Å²) in [6.07, 6.45) is 2.59. The number of nitrogens with zero attached hydrogens (tertiary/aromatic N) is 3. The van der Waals surface area contributed by atoms with Crippen molar-refractivity contribution in [2.45, 2.75) is 26.2 Å². The van der Waals surface area contributed by atoms with Crippen LogP contribution in [0, 0.1) is 5.92 Å². The summed E-state index contributed by atoms with van der Waals surface area (Å²) in [6.45, 7) is 2.85. The van der Waals surface area contributed by atoms with Gasteiger partial charge in [0.05, 0.1) is 0 Å². The molecule has 0 spiro atoms. The number of amides is 1. The van der Waals surface area contributed by atoms with E-state index in [1.54, 1.807) is 4.90 Å². The first-order valence-corrected chi connectivity index (χ1v) is 6.93. The normalized spacial score (nSPS) is 20.8. The molecule has 2 heterocycles. The highest BCUT2D eigenvalue weighted by atomic mass is 32.1. The fourth-order valence-corrected chi connectivity index (χ4v) is 2.97. The van der Waals surface area contributed by atoms with Gasteiger partial charge in [0, 0.05) is 19.4 Å². The van der Waals surface area contributed by atoms with Gasteiger partial charge in [0.15, 0.2) is 0 Å². The Morgan fingerprint density at radius 3 is 3.00 bits per heavy atom. The third-order valence-corrected chi connectivity index (χ3v) is 4.14. The van der Waals surface area contributed by atoms with Gasteiger partial charge in [-0.3, -0.25) is 9.69 Å². The van der Waals surface area contributed by atoms with E-state index in [0.29, 0.717) is 12.3 Å². The predicted molar refractivity (Wildman–Crippen MR) is 68.2 cm³/mol. The molecule has 0 bridgehead atoms. The van der Waals surface area contributed by atoms with E-state index in [4.69, 9.17) is 0 Å². The highest BCUT2D eigenvalue weighted by molar-refractivity contribution is 7.80. The second kappa shape index (κ2) is 5.14. The van der Waals surface area contributed by atoms with Crippen LogP contribution in [-0.4, -0.2) is 28.4 Å². The zero-order valence-corrected chi connectivity index (χ0v) is 10.9. The van der Waals surface area contributed by atoms with Gasteiger partial charge in [-0.05, 0) is 18.1 Å². The molecular weight excluding hydrogens is 242 g/mol. The molecule has 0 N–H and O–H groups in total.